The second kappa shape index (κ2) is 55.6. The van der Waals surface area contributed by atoms with Gasteiger partial charge in [-0.25, -0.2) is 0 Å². The number of carbonyl (C=O) groups excluding carboxylic acids is 1. The van der Waals surface area contributed by atoms with Gasteiger partial charge in [0.2, 0.25) is 5.91 Å². The van der Waals surface area contributed by atoms with Crippen LogP contribution in [0.2, 0.25) is 0 Å². The SMILES string of the molecule is CC/C=C\C/C=C\C/C=C\C/C=C\CCCCCCCCCCCCCCCCC(=O)NC(COC1OC(CO)C(OC2OC(CO)C(OC3OC(CO)C(O)C(O)C3O)C(O)C2O)C(O)C1O)C(O)CCCCCCCCCCCCCCCCCCCCCCC. The summed E-state index contributed by atoms with van der Waals surface area (Å²) in [5.74, 6) is -0.241. The van der Waals surface area contributed by atoms with Crippen molar-refractivity contribution in [2.24, 2.45) is 0 Å². The molecule has 19 nitrogen and oxygen atoms in total. The van der Waals surface area contributed by atoms with Crippen LogP contribution in [-0.2, 0) is 33.2 Å². The predicted octanol–water partition coefficient (Wildman–Crippen LogP) is 10.9. The van der Waals surface area contributed by atoms with Crippen molar-refractivity contribution in [3.8, 4) is 0 Å². The van der Waals surface area contributed by atoms with Crippen molar-refractivity contribution in [1.82, 2.24) is 5.32 Å². The summed E-state index contributed by atoms with van der Waals surface area (Å²) in [6, 6.07) is -0.889. The van der Waals surface area contributed by atoms with Gasteiger partial charge in [0.05, 0.1) is 38.6 Å². The van der Waals surface area contributed by atoms with Gasteiger partial charge in [0, 0.05) is 6.42 Å². The van der Waals surface area contributed by atoms with Crippen LogP contribution in [0.3, 0.4) is 0 Å². The van der Waals surface area contributed by atoms with Gasteiger partial charge in [-0.2, -0.15) is 0 Å². The number of aliphatic hydroxyl groups excluding tert-OH is 11. The molecule has 3 heterocycles. The summed E-state index contributed by atoms with van der Waals surface area (Å²) in [5, 5.41) is 121. The van der Waals surface area contributed by atoms with E-state index in [4.69, 9.17) is 28.4 Å². The number of carbonyl (C=O) groups is 1. The fourth-order valence-electron chi connectivity index (χ4n) is 12.7. The molecule has 3 aliphatic rings. The number of unbranched alkanes of at least 4 members (excludes halogenated alkanes) is 34. The van der Waals surface area contributed by atoms with Gasteiger partial charge in [0.15, 0.2) is 18.9 Å². The molecule has 12 N–H and O–H groups in total. The summed E-state index contributed by atoms with van der Waals surface area (Å²) in [4.78, 5) is 13.5. The largest absolute Gasteiger partial charge is 0.394 e. The Labute approximate surface area is 561 Å². The number of allylic oxidation sites excluding steroid dienone is 8. The van der Waals surface area contributed by atoms with E-state index in [0.717, 1.165) is 70.6 Å². The summed E-state index contributed by atoms with van der Waals surface area (Å²) in [7, 11) is 0. The molecular formula is C74H135NO18. The molecule has 0 aromatic carbocycles. The number of rotatable bonds is 58. The van der Waals surface area contributed by atoms with E-state index in [-0.39, 0.29) is 18.9 Å². The van der Waals surface area contributed by atoms with E-state index in [1.807, 2.05) is 0 Å². The first-order chi connectivity index (χ1) is 45.3. The van der Waals surface area contributed by atoms with E-state index in [0.29, 0.717) is 12.8 Å². The second-order valence-electron chi connectivity index (χ2n) is 26.7. The van der Waals surface area contributed by atoms with Gasteiger partial charge >= 0.3 is 0 Å². The normalized spacial score (nSPS) is 27.8. The molecule has 0 radical (unpaired) electrons. The minimum absolute atomic E-state index is 0.241. The molecule has 3 rings (SSSR count). The zero-order valence-electron chi connectivity index (χ0n) is 57.7. The zero-order valence-corrected chi connectivity index (χ0v) is 57.7. The minimum Gasteiger partial charge on any atom is -0.394 e. The highest BCUT2D eigenvalue weighted by atomic mass is 16.8. The van der Waals surface area contributed by atoms with Crippen molar-refractivity contribution in [3.05, 3.63) is 48.6 Å². The molecule has 17 unspecified atom stereocenters. The van der Waals surface area contributed by atoms with Crippen LogP contribution in [0.25, 0.3) is 0 Å². The molecule has 0 aliphatic carbocycles. The molecular weight excluding hydrogens is 1190 g/mol. The first-order valence-electron chi connectivity index (χ1n) is 37.4. The zero-order chi connectivity index (χ0) is 67.5. The van der Waals surface area contributed by atoms with Crippen LogP contribution in [0, 0.1) is 0 Å². The molecule has 0 spiro atoms. The van der Waals surface area contributed by atoms with Gasteiger partial charge < -0.3 is 89.9 Å². The topological polar surface area (TPSA) is 307 Å². The van der Waals surface area contributed by atoms with Crippen LogP contribution in [0.15, 0.2) is 48.6 Å². The Balaban J connectivity index is 1.40. The van der Waals surface area contributed by atoms with Gasteiger partial charge in [-0.1, -0.05) is 274 Å². The van der Waals surface area contributed by atoms with Crippen LogP contribution < -0.4 is 5.32 Å². The first-order valence-corrected chi connectivity index (χ1v) is 37.4. The number of amides is 1. The molecule has 17 atom stereocenters. The lowest BCUT2D eigenvalue weighted by Gasteiger charge is -2.48. The van der Waals surface area contributed by atoms with Crippen LogP contribution in [0.5, 0.6) is 0 Å². The fraction of sp³-hybridized carbons (Fsp3) is 0.878. The maximum atomic E-state index is 13.5. The molecule has 3 fully saturated rings. The Kier molecular flexibility index (Phi) is 50.8. The third-order valence-corrected chi connectivity index (χ3v) is 18.7. The van der Waals surface area contributed by atoms with Crippen LogP contribution in [0.4, 0.5) is 0 Å². The third kappa shape index (κ3) is 37.0. The molecule has 19 heteroatoms. The van der Waals surface area contributed by atoms with Crippen molar-refractivity contribution < 1.29 is 89.4 Å². The van der Waals surface area contributed by atoms with E-state index in [2.05, 4.69) is 67.8 Å². The summed E-state index contributed by atoms with van der Waals surface area (Å²) in [6.07, 6.45) is 40.4. The highest BCUT2D eigenvalue weighted by Crippen LogP contribution is 2.33. The molecule has 3 aliphatic heterocycles. The van der Waals surface area contributed by atoms with Gasteiger partial charge in [0.25, 0.3) is 0 Å². The number of hydrogen-bond acceptors (Lipinski definition) is 18. The Morgan fingerprint density at radius 1 is 0.398 bits per heavy atom. The molecule has 1 amide bonds. The Morgan fingerprint density at radius 3 is 1.16 bits per heavy atom. The monoisotopic (exact) mass is 1330 g/mol. The standard InChI is InChI=1S/C74H135NO18/c1-3-5-7-9-11-13-15-17-19-21-23-25-26-27-28-29-30-32-34-36-38-40-42-44-46-48-50-52-62(80)75-57(58(79)51-49-47-45-43-41-39-37-35-33-31-24-22-20-18-16-14-12-10-8-6-4-2)56-88-72-68(86)65(83)70(60(54-77)90-72)93-74-69(87)66(84)71(61(55-78)91-74)92-73-67(85)64(82)63(81)59(53-76)89-73/h5,7,11,13,17,19,23,25,57-61,63-74,76-79,81-87H,3-4,6,8-10,12,14-16,18,20-22,24,26-56H2,1-2H3,(H,75,80)/b7-5-,13-11-,19-17-,25-23-. The minimum atomic E-state index is -1.97. The number of ether oxygens (including phenoxy) is 6. The van der Waals surface area contributed by atoms with Crippen molar-refractivity contribution in [3.63, 3.8) is 0 Å². The molecule has 544 valence electrons. The maximum Gasteiger partial charge on any atom is 0.220 e. The third-order valence-electron chi connectivity index (χ3n) is 18.7. The molecule has 0 bridgehead atoms. The lowest BCUT2D eigenvalue weighted by atomic mass is 9.96. The Hall–Kier alpha value is -2.25. The van der Waals surface area contributed by atoms with Gasteiger partial charge in [-0.05, 0) is 51.4 Å². The van der Waals surface area contributed by atoms with E-state index >= 15 is 0 Å². The van der Waals surface area contributed by atoms with E-state index in [1.54, 1.807) is 0 Å². The first kappa shape index (κ1) is 85.0. The smallest absolute Gasteiger partial charge is 0.220 e. The Morgan fingerprint density at radius 2 is 0.742 bits per heavy atom. The van der Waals surface area contributed by atoms with Crippen molar-refractivity contribution in [2.45, 2.75) is 388 Å². The van der Waals surface area contributed by atoms with E-state index in [1.165, 1.54) is 180 Å². The van der Waals surface area contributed by atoms with Crippen LogP contribution >= 0.6 is 0 Å². The van der Waals surface area contributed by atoms with Crippen molar-refractivity contribution in [2.75, 3.05) is 26.4 Å². The van der Waals surface area contributed by atoms with Crippen LogP contribution in [-0.4, -0.2) is 193 Å². The number of hydrogen-bond donors (Lipinski definition) is 12. The quantitative estimate of drug-likeness (QED) is 0.0199. The molecule has 93 heavy (non-hydrogen) atoms. The van der Waals surface area contributed by atoms with Crippen molar-refractivity contribution in [1.29, 1.82) is 0 Å². The second-order valence-corrected chi connectivity index (χ2v) is 26.7. The number of nitrogens with one attached hydrogen (secondary N) is 1. The lowest BCUT2D eigenvalue weighted by Crippen LogP contribution is -2.66. The van der Waals surface area contributed by atoms with E-state index in [9.17, 15) is 61.0 Å². The molecule has 0 aromatic heterocycles. The van der Waals surface area contributed by atoms with Crippen molar-refractivity contribution >= 4 is 5.91 Å². The average molecular weight is 1330 g/mol. The van der Waals surface area contributed by atoms with Gasteiger partial charge in [0.1, 0.15) is 73.2 Å². The molecule has 3 saturated heterocycles. The highest BCUT2D eigenvalue weighted by Gasteiger charge is 2.53. The van der Waals surface area contributed by atoms with Gasteiger partial charge in [-0.3, -0.25) is 4.79 Å². The van der Waals surface area contributed by atoms with Gasteiger partial charge in [-0.15, -0.1) is 0 Å². The maximum absolute atomic E-state index is 13.5. The molecule has 0 saturated carbocycles. The Bertz CT molecular complexity index is 1870. The fourth-order valence-corrected chi connectivity index (χ4v) is 12.7. The summed E-state index contributed by atoms with van der Waals surface area (Å²) in [5.41, 5.74) is 0. The summed E-state index contributed by atoms with van der Waals surface area (Å²) < 4.78 is 34.5. The lowest BCUT2D eigenvalue weighted by molar-refractivity contribution is -0.379. The predicted molar refractivity (Wildman–Crippen MR) is 365 cm³/mol. The highest BCUT2D eigenvalue weighted by molar-refractivity contribution is 5.76. The summed E-state index contributed by atoms with van der Waals surface area (Å²) >= 11 is 0. The average Bonchev–Trinajstić information content (AvgIpc) is 0.902. The van der Waals surface area contributed by atoms with E-state index < -0.39 is 124 Å². The molecule has 0 aromatic rings. The van der Waals surface area contributed by atoms with Crippen LogP contribution in [0.1, 0.15) is 284 Å². The number of aliphatic hydroxyl groups is 11. The summed E-state index contributed by atoms with van der Waals surface area (Å²) in [6.45, 7) is 1.72.